The smallest absolute Gasteiger partial charge is 0.231 e. The third-order valence-corrected chi connectivity index (χ3v) is 5.54. The molecule has 8 heteroatoms. The van der Waals surface area contributed by atoms with Gasteiger partial charge in [-0.3, -0.25) is 14.3 Å². The van der Waals surface area contributed by atoms with E-state index in [-0.39, 0.29) is 17.7 Å². The minimum absolute atomic E-state index is 0.0436. The molecule has 0 spiro atoms. The van der Waals surface area contributed by atoms with Gasteiger partial charge in [-0.05, 0) is 37.6 Å². The van der Waals surface area contributed by atoms with E-state index < -0.39 is 0 Å². The van der Waals surface area contributed by atoms with Crippen LogP contribution in [0.1, 0.15) is 23.5 Å². The number of nitrogens with one attached hydrogen (secondary N) is 1. The molecule has 156 valence electrons. The first-order valence-corrected chi connectivity index (χ1v) is 10.1. The molecule has 2 amide bonds. The Kier molecular flexibility index (Phi) is 5.65. The van der Waals surface area contributed by atoms with Gasteiger partial charge < -0.3 is 14.8 Å². The first kappa shape index (κ1) is 19.9. The lowest BCUT2D eigenvalue weighted by atomic mass is 9.98. The largest absolute Gasteiger partial charge is 0.341 e. The lowest BCUT2D eigenvalue weighted by Crippen LogP contribution is -2.54. The molecule has 2 aromatic heterocycles. The molecule has 1 aliphatic rings. The molecule has 4 rings (SSSR count). The Hall–Kier alpha value is -3.42. The molecule has 3 heterocycles. The van der Waals surface area contributed by atoms with Crippen LogP contribution < -0.4 is 5.32 Å². The second-order valence-electron chi connectivity index (χ2n) is 7.73. The van der Waals surface area contributed by atoms with Crippen LogP contribution in [0.25, 0.3) is 0 Å². The van der Waals surface area contributed by atoms with Gasteiger partial charge in [0.05, 0.1) is 5.92 Å². The zero-order valence-corrected chi connectivity index (χ0v) is 17.3. The van der Waals surface area contributed by atoms with Gasteiger partial charge in [-0.15, -0.1) is 0 Å². The number of imidazole rings is 1. The number of anilines is 1. The topological polar surface area (TPSA) is 85.0 Å². The molecule has 1 aromatic carbocycles. The molecule has 0 bridgehead atoms. The Morgan fingerprint density at radius 1 is 1.17 bits per heavy atom. The number of amides is 2. The average Bonchev–Trinajstić information content (AvgIpc) is 3.27. The fourth-order valence-electron chi connectivity index (χ4n) is 3.60. The van der Waals surface area contributed by atoms with Crippen molar-refractivity contribution in [2.75, 3.05) is 18.4 Å². The molecule has 1 aliphatic heterocycles. The van der Waals surface area contributed by atoms with E-state index in [0.717, 1.165) is 22.8 Å². The van der Waals surface area contributed by atoms with Crippen LogP contribution in [0, 0.1) is 19.8 Å². The van der Waals surface area contributed by atoms with Crippen LogP contribution in [-0.4, -0.2) is 49.1 Å². The van der Waals surface area contributed by atoms with Crippen LogP contribution in [0.15, 0.2) is 48.9 Å². The molecule has 30 heavy (non-hydrogen) atoms. The zero-order chi connectivity index (χ0) is 21.1. The molecule has 0 aliphatic carbocycles. The molecule has 1 fully saturated rings. The maximum atomic E-state index is 12.6. The Labute approximate surface area is 175 Å². The van der Waals surface area contributed by atoms with E-state index in [0.29, 0.717) is 32.6 Å². The third-order valence-electron chi connectivity index (χ3n) is 5.54. The summed E-state index contributed by atoms with van der Waals surface area (Å²) in [5.74, 6) is 0.802. The van der Waals surface area contributed by atoms with Crippen molar-refractivity contribution in [1.29, 1.82) is 0 Å². The second-order valence-corrected chi connectivity index (χ2v) is 7.73. The summed E-state index contributed by atoms with van der Waals surface area (Å²) in [6.45, 7) is 6.14. The summed E-state index contributed by atoms with van der Waals surface area (Å²) in [5.41, 5.74) is 2.90. The SMILES string of the molecule is Cc1nccn1Cc1cccc(NC(=O)C2CN(C(=O)CCn3nccc3C)C2)c1. The maximum absolute atomic E-state index is 12.6. The van der Waals surface area contributed by atoms with Gasteiger partial charge in [0, 0.05) is 62.6 Å². The highest BCUT2D eigenvalue weighted by Crippen LogP contribution is 2.20. The van der Waals surface area contributed by atoms with E-state index in [1.807, 2.05) is 55.1 Å². The number of aryl methyl sites for hydroxylation is 3. The van der Waals surface area contributed by atoms with Crippen molar-refractivity contribution in [3.05, 3.63) is 66.0 Å². The first-order valence-electron chi connectivity index (χ1n) is 10.1. The molecule has 0 unspecified atom stereocenters. The highest BCUT2D eigenvalue weighted by Gasteiger charge is 2.35. The molecule has 0 atom stereocenters. The van der Waals surface area contributed by atoms with E-state index in [9.17, 15) is 9.59 Å². The average molecular weight is 406 g/mol. The van der Waals surface area contributed by atoms with Crippen molar-refractivity contribution in [2.45, 2.75) is 33.4 Å². The Bertz CT molecular complexity index is 1050. The van der Waals surface area contributed by atoms with Crippen molar-refractivity contribution in [3.63, 3.8) is 0 Å². The number of hydrogen-bond acceptors (Lipinski definition) is 4. The highest BCUT2D eigenvalue weighted by atomic mass is 16.2. The minimum Gasteiger partial charge on any atom is -0.341 e. The van der Waals surface area contributed by atoms with Crippen LogP contribution >= 0.6 is 0 Å². The number of rotatable bonds is 7. The summed E-state index contributed by atoms with van der Waals surface area (Å²) < 4.78 is 3.88. The quantitative estimate of drug-likeness (QED) is 0.652. The fraction of sp³-hybridized carbons (Fsp3) is 0.364. The predicted octanol–water partition coefficient (Wildman–Crippen LogP) is 2.23. The highest BCUT2D eigenvalue weighted by molar-refractivity contribution is 5.94. The zero-order valence-electron chi connectivity index (χ0n) is 17.3. The third kappa shape index (κ3) is 4.42. The molecular weight excluding hydrogens is 380 g/mol. The number of aromatic nitrogens is 4. The van der Waals surface area contributed by atoms with Crippen molar-refractivity contribution in [3.8, 4) is 0 Å². The maximum Gasteiger partial charge on any atom is 0.231 e. The Morgan fingerprint density at radius 3 is 2.70 bits per heavy atom. The summed E-state index contributed by atoms with van der Waals surface area (Å²) in [6, 6.07) is 9.74. The van der Waals surface area contributed by atoms with Gasteiger partial charge in [0.25, 0.3) is 0 Å². The van der Waals surface area contributed by atoms with Gasteiger partial charge in [0.1, 0.15) is 5.82 Å². The van der Waals surface area contributed by atoms with Crippen LogP contribution in [0.3, 0.4) is 0 Å². The molecular formula is C22H26N6O2. The number of nitrogens with zero attached hydrogens (tertiary/aromatic N) is 5. The summed E-state index contributed by atoms with van der Waals surface area (Å²) in [7, 11) is 0. The standard InChI is InChI=1S/C22H26N6O2/c1-16-6-8-24-28(16)10-7-21(29)27-14-19(15-27)22(30)25-20-5-3-4-18(12-20)13-26-11-9-23-17(26)2/h3-6,8-9,11-12,19H,7,10,13-15H2,1-2H3,(H,25,30). The Morgan fingerprint density at radius 2 is 2.00 bits per heavy atom. The van der Waals surface area contributed by atoms with Gasteiger partial charge in [-0.2, -0.15) is 5.10 Å². The van der Waals surface area contributed by atoms with Gasteiger partial charge in [0.15, 0.2) is 0 Å². The van der Waals surface area contributed by atoms with Crippen LogP contribution in [0.5, 0.6) is 0 Å². The second kappa shape index (κ2) is 8.52. The van der Waals surface area contributed by atoms with Crippen LogP contribution in [-0.2, 0) is 22.7 Å². The monoisotopic (exact) mass is 406 g/mol. The van der Waals surface area contributed by atoms with E-state index in [2.05, 4.69) is 20.0 Å². The lowest BCUT2D eigenvalue weighted by Gasteiger charge is -2.38. The Balaban J connectivity index is 1.25. The van der Waals surface area contributed by atoms with Crippen LogP contribution in [0.4, 0.5) is 5.69 Å². The normalized spacial score (nSPS) is 13.9. The van der Waals surface area contributed by atoms with E-state index >= 15 is 0 Å². The van der Waals surface area contributed by atoms with Crippen molar-refractivity contribution in [1.82, 2.24) is 24.2 Å². The first-order chi connectivity index (χ1) is 14.5. The molecule has 1 saturated heterocycles. The number of carbonyl (C=O) groups excluding carboxylic acids is 2. The van der Waals surface area contributed by atoms with Gasteiger partial charge in [-0.25, -0.2) is 4.98 Å². The summed E-state index contributed by atoms with van der Waals surface area (Å²) >= 11 is 0. The molecule has 3 aromatic rings. The van der Waals surface area contributed by atoms with Gasteiger partial charge in [0.2, 0.25) is 11.8 Å². The molecule has 1 N–H and O–H groups in total. The predicted molar refractivity (Wildman–Crippen MR) is 113 cm³/mol. The van der Waals surface area contributed by atoms with E-state index in [1.165, 1.54) is 0 Å². The number of carbonyl (C=O) groups is 2. The molecule has 8 nitrogen and oxygen atoms in total. The minimum atomic E-state index is -0.167. The van der Waals surface area contributed by atoms with Crippen molar-refractivity contribution >= 4 is 17.5 Å². The van der Waals surface area contributed by atoms with Crippen LogP contribution in [0.2, 0.25) is 0 Å². The van der Waals surface area contributed by atoms with Crippen molar-refractivity contribution in [2.24, 2.45) is 5.92 Å². The fourth-order valence-corrected chi connectivity index (χ4v) is 3.60. The molecule has 0 saturated carbocycles. The van der Waals surface area contributed by atoms with E-state index in [1.54, 1.807) is 17.3 Å². The number of likely N-dealkylation sites (tertiary alicyclic amines) is 1. The number of hydrogen-bond donors (Lipinski definition) is 1. The van der Waals surface area contributed by atoms with Crippen molar-refractivity contribution < 1.29 is 9.59 Å². The van der Waals surface area contributed by atoms with Gasteiger partial charge >= 0.3 is 0 Å². The van der Waals surface area contributed by atoms with Gasteiger partial charge in [-0.1, -0.05) is 12.1 Å². The number of benzene rings is 1. The lowest BCUT2D eigenvalue weighted by molar-refractivity contribution is -0.141. The molecule has 0 radical (unpaired) electrons. The summed E-state index contributed by atoms with van der Waals surface area (Å²) in [5, 5.41) is 7.18. The van der Waals surface area contributed by atoms with E-state index in [4.69, 9.17) is 0 Å². The summed E-state index contributed by atoms with van der Waals surface area (Å²) in [4.78, 5) is 30.9. The summed E-state index contributed by atoms with van der Waals surface area (Å²) in [6.07, 6.45) is 5.84.